The molecule has 1 fully saturated rings. The van der Waals surface area contributed by atoms with Gasteiger partial charge in [-0.1, -0.05) is 26.2 Å². The number of hydrogen-bond donors (Lipinski definition) is 2. The highest BCUT2D eigenvalue weighted by atomic mass is 16.7. The van der Waals surface area contributed by atoms with Crippen LogP contribution in [0.4, 0.5) is 5.69 Å². The highest BCUT2D eigenvalue weighted by Crippen LogP contribution is 2.38. The minimum atomic E-state index is 0.109. The van der Waals surface area contributed by atoms with Gasteiger partial charge >= 0.3 is 0 Å². The van der Waals surface area contributed by atoms with Crippen molar-refractivity contribution in [2.45, 2.75) is 45.4 Å². The summed E-state index contributed by atoms with van der Waals surface area (Å²) >= 11 is 0. The van der Waals surface area contributed by atoms with E-state index < -0.39 is 0 Å². The van der Waals surface area contributed by atoms with Crippen molar-refractivity contribution in [3.63, 3.8) is 0 Å². The summed E-state index contributed by atoms with van der Waals surface area (Å²) in [5.41, 5.74) is 3.44. The largest absolute Gasteiger partial charge is 0.454 e. The molecule has 0 saturated heterocycles. The molecule has 4 rings (SSSR count). The summed E-state index contributed by atoms with van der Waals surface area (Å²) in [6.07, 6.45) is 6.06. The van der Waals surface area contributed by atoms with E-state index in [-0.39, 0.29) is 18.6 Å². The smallest absolute Gasteiger partial charge is 0.231 e. The summed E-state index contributed by atoms with van der Waals surface area (Å²) in [6, 6.07) is 5.75. The Hall–Kier alpha value is -2.50. The Kier molecular flexibility index (Phi) is 4.34. The fourth-order valence-corrected chi connectivity index (χ4v) is 3.61. The lowest BCUT2D eigenvalue weighted by molar-refractivity contribution is -0.119. The zero-order chi connectivity index (χ0) is 17.2. The van der Waals surface area contributed by atoms with Crippen molar-refractivity contribution >= 4 is 11.6 Å². The molecule has 6 nitrogen and oxygen atoms in total. The molecule has 2 N–H and O–H groups in total. The number of carbonyl (C=O) groups excluding carboxylic acids is 1. The van der Waals surface area contributed by atoms with Crippen molar-refractivity contribution in [3.8, 4) is 22.8 Å². The third-order valence-electron chi connectivity index (χ3n) is 4.96. The van der Waals surface area contributed by atoms with Crippen molar-refractivity contribution in [2.24, 2.45) is 5.92 Å². The van der Waals surface area contributed by atoms with Crippen LogP contribution in [-0.4, -0.2) is 22.9 Å². The van der Waals surface area contributed by atoms with Crippen LogP contribution >= 0.6 is 0 Å². The highest BCUT2D eigenvalue weighted by Gasteiger charge is 2.26. The van der Waals surface area contributed by atoms with Gasteiger partial charge in [0.05, 0.1) is 11.4 Å². The molecule has 1 aromatic heterocycles. The molecule has 132 valence electrons. The average Bonchev–Trinajstić information content (AvgIpc) is 3.36. The van der Waals surface area contributed by atoms with Crippen LogP contribution in [0.1, 0.15) is 44.7 Å². The minimum Gasteiger partial charge on any atom is -0.454 e. The Balaban J connectivity index is 1.66. The first-order valence-electron chi connectivity index (χ1n) is 9.04. The quantitative estimate of drug-likeness (QED) is 0.865. The van der Waals surface area contributed by atoms with Crippen LogP contribution in [0.5, 0.6) is 11.5 Å². The number of amides is 1. The monoisotopic (exact) mass is 341 g/mol. The number of carbonyl (C=O) groups is 1. The van der Waals surface area contributed by atoms with Gasteiger partial charge in [-0.25, -0.2) is 0 Å². The third-order valence-corrected chi connectivity index (χ3v) is 4.96. The predicted molar refractivity (Wildman–Crippen MR) is 94.7 cm³/mol. The number of fused-ring (bicyclic) bond motifs is 1. The minimum absolute atomic E-state index is 0.109. The van der Waals surface area contributed by atoms with E-state index in [1.165, 1.54) is 0 Å². The number of nitrogens with zero attached hydrogens (tertiary/aromatic N) is 1. The van der Waals surface area contributed by atoms with Crippen LogP contribution in [0.3, 0.4) is 0 Å². The Bertz CT molecular complexity index is 778. The zero-order valence-electron chi connectivity index (χ0n) is 14.4. The molecule has 0 unspecified atom stereocenters. The van der Waals surface area contributed by atoms with Gasteiger partial charge in [-0.3, -0.25) is 9.89 Å². The molecule has 2 aromatic rings. The molecule has 1 aliphatic heterocycles. The topological polar surface area (TPSA) is 76.2 Å². The maximum atomic E-state index is 12.6. The van der Waals surface area contributed by atoms with E-state index in [1.54, 1.807) is 0 Å². The van der Waals surface area contributed by atoms with E-state index in [0.717, 1.165) is 66.9 Å². The summed E-state index contributed by atoms with van der Waals surface area (Å²) < 4.78 is 10.8. The lowest BCUT2D eigenvalue weighted by atomic mass is 10.0. The number of benzene rings is 1. The molecular weight excluding hydrogens is 318 g/mol. The summed E-state index contributed by atoms with van der Waals surface area (Å²) in [4.78, 5) is 12.6. The molecule has 2 aliphatic rings. The molecule has 0 bridgehead atoms. The van der Waals surface area contributed by atoms with E-state index in [9.17, 15) is 4.79 Å². The van der Waals surface area contributed by atoms with Crippen LogP contribution in [0.15, 0.2) is 18.2 Å². The number of ether oxygens (including phenoxy) is 2. The van der Waals surface area contributed by atoms with Crippen LogP contribution in [-0.2, 0) is 11.2 Å². The number of aryl methyl sites for hydroxylation is 1. The fourth-order valence-electron chi connectivity index (χ4n) is 3.61. The van der Waals surface area contributed by atoms with Crippen molar-refractivity contribution in [1.29, 1.82) is 0 Å². The molecule has 1 saturated carbocycles. The Morgan fingerprint density at radius 3 is 2.88 bits per heavy atom. The predicted octanol–water partition coefficient (Wildman–Crippen LogP) is 3.89. The maximum absolute atomic E-state index is 12.6. The number of anilines is 1. The summed E-state index contributed by atoms with van der Waals surface area (Å²) in [7, 11) is 0. The Morgan fingerprint density at radius 1 is 1.28 bits per heavy atom. The summed E-state index contributed by atoms with van der Waals surface area (Å²) in [5, 5.41) is 10.7. The molecule has 25 heavy (non-hydrogen) atoms. The molecule has 0 atom stereocenters. The first-order valence-corrected chi connectivity index (χ1v) is 9.04. The number of hydrogen-bond acceptors (Lipinski definition) is 4. The van der Waals surface area contributed by atoms with E-state index in [1.807, 2.05) is 18.2 Å². The summed E-state index contributed by atoms with van der Waals surface area (Å²) in [6.45, 7) is 2.36. The number of nitrogens with one attached hydrogen (secondary N) is 2. The second kappa shape index (κ2) is 6.78. The van der Waals surface area contributed by atoms with E-state index in [0.29, 0.717) is 5.75 Å². The van der Waals surface area contributed by atoms with Gasteiger partial charge in [0.15, 0.2) is 11.5 Å². The molecule has 2 heterocycles. The van der Waals surface area contributed by atoms with Crippen molar-refractivity contribution in [3.05, 3.63) is 23.9 Å². The molecule has 6 heteroatoms. The van der Waals surface area contributed by atoms with E-state index in [4.69, 9.17) is 9.47 Å². The lowest BCUT2D eigenvalue weighted by Crippen LogP contribution is -2.21. The van der Waals surface area contributed by atoms with Gasteiger partial charge < -0.3 is 14.8 Å². The number of aromatic nitrogens is 2. The number of aromatic amines is 1. The van der Waals surface area contributed by atoms with Gasteiger partial charge in [0.1, 0.15) is 5.69 Å². The Labute approximate surface area is 146 Å². The van der Waals surface area contributed by atoms with E-state index in [2.05, 4.69) is 22.4 Å². The van der Waals surface area contributed by atoms with E-state index >= 15 is 0 Å². The summed E-state index contributed by atoms with van der Waals surface area (Å²) in [5.74, 6) is 1.68. The standard InChI is InChI=1S/C19H23N3O3/c1-2-5-14-18(20-19(23)12-6-3-4-7-12)17(22-21-14)13-8-9-15-16(10-13)25-11-24-15/h8-10,12H,2-7,11H2,1H3,(H,20,23)(H,21,22). The van der Waals surface area contributed by atoms with Crippen LogP contribution in [0, 0.1) is 5.92 Å². The SMILES string of the molecule is CCCc1[nH]nc(-c2ccc3c(c2)OCO3)c1NC(=O)C1CCCC1. The van der Waals surface area contributed by atoms with Gasteiger partial charge in [-0.15, -0.1) is 0 Å². The van der Waals surface area contributed by atoms with Crippen molar-refractivity contribution < 1.29 is 14.3 Å². The molecule has 1 aliphatic carbocycles. The van der Waals surface area contributed by atoms with Gasteiger partial charge in [0.25, 0.3) is 0 Å². The zero-order valence-corrected chi connectivity index (χ0v) is 14.4. The lowest BCUT2D eigenvalue weighted by Gasteiger charge is -2.12. The Morgan fingerprint density at radius 2 is 2.08 bits per heavy atom. The van der Waals surface area contributed by atoms with Crippen LogP contribution in [0.25, 0.3) is 11.3 Å². The average molecular weight is 341 g/mol. The molecule has 1 aromatic carbocycles. The van der Waals surface area contributed by atoms with Gasteiger partial charge in [-0.05, 0) is 37.5 Å². The van der Waals surface area contributed by atoms with Crippen LogP contribution < -0.4 is 14.8 Å². The molecule has 0 spiro atoms. The van der Waals surface area contributed by atoms with Gasteiger partial charge in [0.2, 0.25) is 12.7 Å². The van der Waals surface area contributed by atoms with Gasteiger partial charge in [-0.2, -0.15) is 5.10 Å². The molecule has 1 amide bonds. The maximum Gasteiger partial charge on any atom is 0.231 e. The number of rotatable bonds is 5. The first-order chi connectivity index (χ1) is 12.3. The van der Waals surface area contributed by atoms with Crippen LogP contribution in [0.2, 0.25) is 0 Å². The van der Waals surface area contributed by atoms with Crippen molar-refractivity contribution in [2.75, 3.05) is 12.1 Å². The molecule has 0 radical (unpaired) electrons. The second-order valence-electron chi connectivity index (χ2n) is 6.71. The number of H-pyrrole nitrogens is 1. The third kappa shape index (κ3) is 3.08. The second-order valence-corrected chi connectivity index (χ2v) is 6.71. The normalized spacial score (nSPS) is 16.4. The fraction of sp³-hybridized carbons (Fsp3) is 0.474. The van der Waals surface area contributed by atoms with Crippen molar-refractivity contribution in [1.82, 2.24) is 10.2 Å². The highest BCUT2D eigenvalue weighted by molar-refractivity contribution is 5.97. The first kappa shape index (κ1) is 16.0. The van der Waals surface area contributed by atoms with Gasteiger partial charge in [0, 0.05) is 11.5 Å². The molecular formula is C19H23N3O3.